The molecule has 114 valence electrons. The molecule has 0 aromatic carbocycles. The molecule has 3 rings (SSSR count). The van der Waals surface area contributed by atoms with Gasteiger partial charge in [0.05, 0.1) is 13.2 Å². The van der Waals surface area contributed by atoms with E-state index >= 15 is 0 Å². The minimum Gasteiger partial charge on any atom is -0.378 e. The zero-order valence-corrected chi connectivity index (χ0v) is 13.8. The summed E-state index contributed by atoms with van der Waals surface area (Å²) in [6.07, 6.45) is 0.858. The standard InChI is InChI=1S/C12H18N6OS2/c1-3-9-13-12(21-16-9)20-11-15-14-10(18(11)4-2)17-5-7-19-8-6-17/h3-8H2,1-2H3. The molecule has 9 heteroatoms. The van der Waals surface area contributed by atoms with Crippen LogP contribution in [0.15, 0.2) is 9.50 Å². The lowest BCUT2D eigenvalue weighted by atomic mass is 10.4. The number of aryl methyl sites for hydroxylation is 1. The number of aromatic nitrogens is 5. The Balaban J connectivity index is 1.80. The fourth-order valence-corrected chi connectivity index (χ4v) is 3.83. The monoisotopic (exact) mass is 326 g/mol. The second kappa shape index (κ2) is 6.71. The third kappa shape index (κ3) is 3.19. The number of hydrogen-bond donors (Lipinski definition) is 0. The average Bonchev–Trinajstić information content (AvgIpc) is 3.15. The molecule has 0 saturated carbocycles. The highest BCUT2D eigenvalue weighted by Gasteiger charge is 2.20. The summed E-state index contributed by atoms with van der Waals surface area (Å²) >= 11 is 2.96. The topological polar surface area (TPSA) is 69.0 Å². The quantitative estimate of drug-likeness (QED) is 0.828. The van der Waals surface area contributed by atoms with Gasteiger partial charge in [-0.05, 0) is 30.2 Å². The Hall–Kier alpha value is -1.19. The lowest BCUT2D eigenvalue weighted by Crippen LogP contribution is -2.38. The van der Waals surface area contributed by atoms with Gasteiger partial charge in [-0.2, -0.15) is 4.37 Å². The van der Waals surface area contributed by atoms with Gasteiger partial charge in [0.2, 0.25) is 5.95 Å². The van der Waals surface area contributed by atoms with Gasteiger partial charge in [0.25, 0.3) is 0 Å². The molecular weight excluding hydrogens is 308 g/mol. The van der Waals surface area contributed by atoms with E-state index in [2.05, 4.69) is 42.9 Å². The molecule has 1 fully saturated rings. The molecule has 0 bridgehead atoms. The van der Waals surface area contributed by atoms with Crippen molar-refractivity contribution in [2.75, 3.05) is 31.2 Å². The lowest BCUT2D eigenvalue weighted by molar-refractivity contribution is 0.121. The molecule has 0 atom stereocenters. The Morgan fingerprint density at radius 1 is 1.24 bits per heavy atom. The molecule has 1 saturated heterocycles. The predicted molar refractivity (Wildman–Crippen MR) is 82.1 cm³/mol. The summed E-state index contributed by atoms with van der Waals surface area (Å²) in [6, 6.07) is 0. The van der Waals surface area contributed by atoms with Crippen molar-refractivity contribution in [3.63, 3.8) is 0 Å². The van der Waals surface area contributed by atoms with Gasteiger partial charge in [-0.15, -0.1) is 10.2 Å². The Morgan fingerprint density at radius 2 is 2.05 bits per heavy atom. The van der Waals surface area contributed by atoms with Crippen molar-refractivity contribution in [2.24, 2.45) is 0 Å². The van der Waals surface area contributed by atoms with Crippen molar-refractivity contribution >= 4 is 29.2 Å². The van der Waals surface area contributed by atoms with Crippen molar-refractivity contribution in [3.05, 3.63) is 5.82 Å². The molecule has 21 heavy (non-hydrogen) atoms. The summed E-state index contributed by atoms with van der Waals surface area (Å²) in [5.41, 5.74) is 0. The van der Waals surface area contributed by atoms with Gasteiger partial charge in [0.15, 0.2) is 9.50 Å². The molecule has 3 heterocycles. The molecule has 0 amide bonds. The van der Waals surface area contributed by atoms with Gasteiger partial charge >= 0.3 is 0 Å². The zero-order chi connectivity index (χ0) is 14.7. The van der Waals surface area contributed by atoms with Crippen LogP contribution in [0.25, 0.3) is 0 Å². The van der Waals surface area contributed by atoms with Crippen molar-refractivity contribution in [3.8, 4) is 0 Å². The van der Waals surface area contributed by atoms with Crippen LogP contribution in [-0.4, -0.2) is 50.4 Å². The highest BCUT2D eigenvalue weighted by atomic mass is 32.2. The molecule has 0 aliphatic carbocycles. The molecule has 0 spiro atoms. The molecule has 0 N–H and O–H groups in total. The van der Waals surface area contributed by atoms with E-state index in [9.17, 15) is 0 Å². The van der Waals surface area contributed by atoms with E-state index in [1.165, 1.54) is 23.3 Å². The van der Waals surface area contributed by atoms with E-state index in [-0.39, 0.29) is 0 Å². The number of anilines is 1. The summed E-state index contributed by atoms with van der Waals surface area (Å²) in [5, 5.41) is 9.55. The lowest BCUT2D eigenvalue weighted by Gasteiger charge is -2.27. The normalized spacial score (nSPS) is 15.6. The molecule has 2 aromatic heterocycles. The first kappa shape index (κ1) is 14.7. The Labute approximate surface area is 131 Å². The SMILES string of the molecule is CCc1nsc(Sc2nnc(N3CCOCC3)n2CC)n1. The maximum absolute atomic E-state index is 5.39. The van der Waals surface area contributed by atoms with Crippen LogP contribution in [0, 0.1) is 0 Å². The summed E-state index contributed by atoms with van der Waals surface area (Å²) in [7, 11) is 0. The molecular formula is C12H18N6OS2. The molecule has 1 aliphatic rings. The highest BCUT2D eigenvalue weighted by molar-refractivity contribution is 8.00. The maximum atomic E-state index is 5.39. The first-order chi connectivity index (χ1) is 10.3. The third-order valence-corrected chi connectivity index (χ3v) is 5.03. The van der Waals surface area contributed by atoms with E-state index in [1.807, 2.05) is 0 Å². The van der Waals surface area contributed by atoms with Crippen molar-refractivity contribution in [2.45, 2.75) is 36.3 Å². The number of morpholine rings is 1. The summed E-state index contributed by atoms with van der Waals surface area (Å²) < 4.78 is 12.7. The van der Waals surface area contributed by atoms with Crippen LogP contribution in [0.4, 0.5) is 5.95 Å². The van der Waals surface area contributed by atoms with Gasteiger partial charge in [-0.25, -0.2) is 4.98 Å². The number of ether oxygens (including phenoxy) is 1. The minimum atomic E-state index is 0.745. The van der Waals surface area contributed by atoms with E-state index in [4.69, 9.17) is 4.74 Å². The first-order valence-corrected chi connectivity index (χ1v) is 8.67. The van der Waals surface area contributed by atoms with Crippen LogP contribution in [-0.2, 0) is 17.7 Å². The largest absolute Gasteiger partial charge is 0.378 e. The number of nitrogens with zero attached hydrogens (tertiary/aromatic N) is 6. The first-order valence-electron chi connectivity index (χ1n) is 7.08. The van der Waals surface area contributed by atoms with Crippen LogP contribution in [0.2, 0.25) is 0 Å². The van der Waals surface area contributed by atoms with E-state index in [0.717, 1.165) is 60.5 Å². The highest BCUT2D eigenvalue weighted by Crippen LogP contribution is 2.30. The van der Waals surface area contributed by atoms with E-state index < -0.39 is 0 Å². The van der Waals surface area contributed by atoms with Crippen LogP contribution < -0.4 is 4.90 Å². The van der Waals surface area contributed by atoms with Gasteiger partial charge in [-0.3, -0.25) is 4.57 Å². The van der Waals surface area contributed by atoms with Crippen LogP contribution in [0.3, 0.4) is 0 Å². The third-order valence-electron chi connectivity index (χ3n) is 3.25. The molecule has 1 aliphatic heterocycles. The van der Waals surface area contributed by atoms with Gasteiger partial charge in [0, 0.05) is 26.1 Å². The number of rotatable bonds is 5. The second-order valence-corrected chi connectivity index (χ2v) is 6.52. The summed E-state index contributed by atoms with van der Waals surface area (Å²) in [6.45, 7) is 8.21. The molecule has 0 radical (unpaired) electrons. The van der Waals surface area contributed by atoms with Crippen LogP contribution >= 0.6 is 23.3 Å². The van der Waals surface area contributed by atoms with E-state index in [0.29, 0.717) is 0 Å². The van der Waals surface area contributed by atoms with Crippen LogP contribution in [0.5, 0.6) is 0 Å². The molecule has 0 unspecified atom stereocenters. The van der Waals surface area contributed by atoms with Gasteiger partial charge in [-0.1, -0.05) is 6.92 Å². The fourth-order valence-electron chi connectivity index (χ4n) is 2.13. The zero-order valence-electron chi connectivity index (χ0n) is 12.2. The number of hydrogen-bond acceptors (Lipinski definition) is 8. The smallest absolute Gasteiger partial charge is 0.228 e. The minimum absolute atomic E-state index is 0.745. The predicted octanol–water partition coefficient (Wildman–Crippen LogP) is 1.70. The second-order valence-electron chi connectivity index (χ2n) is 4.56. The van der Waals surface area contributed by atoms with Gasteiger partial charge < -0.3 is 9.64 Å². The molecule has 7 nitrogen and oxygen atoms in total. The summed E-state index contributed by atoms with van der Waals surface area (Å²) in [4.78, 5) is 6.70. The molecule has 2 aromatic rings. The fraction of sp³-hybridized carbons (Fsp3) is 0.667. The Morgan fingerprint density at radius 3 is 2.71 bits per heavy atom. The van der Waals surface area contributed by atoms with Crippen LogP contribution in [0.1, 0.15) is 19.7 Å². The van der Waals surface area contributed by atoms with Crippen molar-refractivity contribution in [1.82, 2.24) is 24.1 Å². The Bertz CT molecular complexity index is 592. The van der Waals surface area contributed by atoms with Crippen molar-refractivity contribution in [1.29, 1.82) is 0 Å². The maximum Gasteiger partial charge on any atom is 0.228 e. The summed E-state index contributed by atoms with van der Waals surface area (Å²) in [5.74, 6) is 1.81. The van der Waals surface area contributed by atoms with E-state index in [1.54, 1.807) is 0 Å². The average molecular weight is 326 g/mol. The van der Waals surface area contributed by atoms with Gasteiger partial charge in [0.1, 0.15) is 5.82 Å². The van der Waals surface area contributed by atoms with Crippen molar-refractivity contribution < 1.29 is 4.74 Å². The Kier molecular flexibility index (Phi) is 4.71.